The largest absolute Gasteiger partial charge is 0.508 e. The molecule has 0 aliphatic carbocycles. The van der Waals surface area contributed by atoms with Crippen LogP contribution in [0.15, 0.2) is 39.5 Å². The van der Waals surface area contributed by atoms with E-state index in [4.69, 9.17) is 13.9 Å². The maximum atomic E-state index is 13.4. The second kappa shape index (κ2) is 10.6. The molecule has 2 aliphatic rings. The first-order valence-electron chi connectivity index (χ1n) is 12.3. The lowest BCUT2D eigenvalue weighted by Crippen LogP contribution is -2.55. The van der Waals surface area contributed by atoms with E-state index in [9.17, 15) is 55.9 Å². The lowest BCUT2D eigenvalue weighted by Gasteiger charge is -2.41. The summed E-state index contributed by atoms with van der Waals surface area (Å²) in [7, 11) is 0. The van der Waals surface area contributed by atoms with Gasteiger partial charge in [-0.1, -0.05) is 0 Å². The van der Waals surface area contributed by atoms with E-state index in [0.717, 1.165) is 6.07 Å². The van der Waals surface area contributed by atoms with Gasteiger partial charge in [-0.15, -0.1) is 0 Å². The molecule has 10 N–H and O–H groups in total. The number of aliphatic hydroxyl groups is 7. The number of rotatable bonds is 4. The van der Waals surface area contributed by atoms with Gasteiger partial charge in [-0.3, -0.25) is 4.79 Å². The van der Waals surface area contributed by atoms with E-state index >= 15 is 0 Å². The van der Waals surface area contributed by atoms with Crippen LogP contribution >= 0.6 is 0 Å². The minimum atomic E-state index is -1.98. The Kier molecular flexibility index (Phi) is 7.47. The van der Waals surface area contributed by atoms with E-state index in [1.54, 1.807) is 0 Å². The number of aliphatic hydroxyl groups excluding tert-OH is 7. The zero-order valence-corrected chi connectivity index (χ0v) is 20.6. The molecular formula is C26H28O14. The fourth-order valence-electron chi connectivity index (χ4n) is 5.11. The number of ether oxygens (including phenoxy) is 2. The van der Waals surface area contributed by atoms with E-state index < -0.39 is 107 Å². The summed E-state index contributed by atoms with van der Waals surface area (Å²) in [4.78, 5) is 13.4. The number of phenols is 3. The average Bonchev–Trinajstić information content (AvgIpc) is 2.92. The summed E-state index contributed by atoms with van der Waals surface area (Å²) < 4.78 is 16.9. The van der Waals surface area contributed by atoms with Gasteiger partial charge in [-0.25, -0.2) is 0 Å². The third-order valence-electron chi connectivity index (χ3n) is 7.31. The van der Waals surface area contributed by atoms with Crippen LogP contribution in [0.4, 0.5) is 0 Å². The molecule has 14 heteroatoms. The Balaban J connectivity index is 1.80. The smallest absolute Gasteiger partial charge is 0.197 e. The van der Waals surface area contributed by atoms with Crippen LogP contribution < -0.4 is 5.43 Å². The van der Waals surface area contributed by atoms with Gasteiger partial charge in [0.15, 0.2) is 11.0 Å². The van der Waals surface area contributed by atoms with Crippen LogP contribution in [-0.2, 0) is 9.47 Å². The first kappa shape index (κ1) is 28.2. The number of hydrogen-bond acceptors (Lipinski definition) is 14. The highest BCUT2D eigenvalue weighted by Gasteiger charge is 2.48. The highest BCUT2D eigenvalue weighted by molar-refractivity contribution is 5.92. The van der Waals surface area contributed by atoms with Crippen molar-refractivity contribution in [1.29, 1.82) is 0 Å². The van der Waals surface area contributed by atoms with E-state index in [1.165, 1.54) is 24.3 Å². The fraction of sp³-hybridized carbons (Fsp3) is 0.423. The second-order valence-electron chi connectivity index (χ2n) is 9.80. The average molecular weight is 564 g/mol. The molecule has 3 aromatic rings. The molecule has 0 saturated carbocycles. The molecule has 3 heterocycles. The molecule has 1 aromatic heterocycles. The standard InChI is InChI=1S/C26H28O14/c27-6-13-18(32)21(35)23(37)26(40-13)15-19(33)14-10(29)5-12(8-1-3-9(28)4-2-8)39-24(14)16(20(15)34)25-22(36)17(31)11(30)7-38-25/h1-5,11,13,17-18,21-23,25-28,30-37H,6-7H2/t11-,13+,17-,18+,21-,22+,23+,25-,26-/m0/s1. The summed E-state index contributed by atoms with van der Waals surface area (Å²) in [5, 5.41) is 104. The summed E-state index contributed by atoms with van der Waals surface area (Å²) >= 11 is 0. The van der Waals surface area contributed by atoms with Crippen molar-refractivity contribution >= 4 is 11.0 Å². The molecule has 0 unspecified atom stereocenters. The lowest BCUT2D eigenvalue weighted by atomic mass is 9.85. The van der Waals surface area contributed by atoms with Crippen LogP contribution in [-0.4, -0.2) is 107 Å². The van der Waals surface area contributed by atoms with Gasteiger partial charge >= 0.3 is 0 Å². The van der Waals surface area contributed by atoms with Gasteiger partial charge in [-0.2, -0.15) is 0 Å². The van der Waals surface area contributed by atoms with E-state index in [2.05, 4.69) is 0 Å². The van der Waals surface area contributed by atoms with Crippen molar-refractivity contribution in [2.45, 2.75) is 54.9 Å². The van der Waals surface area contributed by atoms with E-state index in [0.29, 0.717) is 5.56 Å². The summed E-state index contributed by atoms with van der Waals surface area (Å²) in [6, 6.07) is 6.50. The quantitative estimate of drug-likeness (QED) is 0.169. The van der Waals surface area contributed by atoms with Crippen LogP contribution in [0.2, 0.25) is 0 Å². The van der Waals surface area contributed by atoms with Crippen molar-refractivity contribution in [1.82, 2.24) is 0 Å². The predicted molar refractivity (Wildman–Crippen MR) is 132 cm³/mol. The van der Waals surface area contributed by atoms with E-state index in [1.807, 2.05) is 0 Å². The van der Waals surface area contributed by atoms with Crippen LogP contribution in [0.5, 0.6) is 17.2 Å². The Morgan fingerprint density at radius 3 is 2.08 bits per heavy atom. The highest BCUT2D eigenvalue weighted by atomic mass is 16.5. The molecule has 9 atom stereocenters. The molecule has 2 saturated heterocycles. The normalized spacial score (nSPS) is 32.8. The maximum absolute atomic E-state index is 13.4. The molecule has 2 aliphatic heterocycles. The van der Waals surface area contributed by atoms with Crippen LogP contribution in [0.1, 0.15) is 23.3 Å². The van der Waals surface area contributed by atoms with Gasteiger partial charge in [0.2, 0.25) is 0 Å². The third-order valence-corrected chi connectivity index (χ3v) is 7.31. The molecule has 0 radical (unpaired) electrons. The van der Waals surface area contributed by atoms with Crippen LogP contribution in [0.3, 0.4) is 0 Å². The van der Waals surface area contributed by atoms with Crippen LogP contribution in [0.25, 0.3) is 22.3 Å². The molecule has 40 heavy (non-hydrogen) atoms. The summed E-state index contributed by atoms with van der Waals surface area (Å²) in [5.41, 5.74) is -2.15. The zero-order chi connectivity index (χ0) is 29.0. The van der Waals surface area contributed by atoms with Crippen molar-refractivity contribution in [3.63, 3.8) is 0 Å². The SMILES string of the molecule is O=c1cc(-c2ccc(O)cc2)oc2c([C@@H]3OC[C@H](O)[C@H](O)[C@H]3O)c(O)c([C@@H]3O[C@H](CO)[C@@H](O)[C@H](O)[C@H]3O)c(O)c12. The van der Waals surface area contributed by atoms with Crippen molar-refractivity contribution < 1.29 is 65.0 Å². The van der Waals surface area contributed by atoms with Crippen molar-refractivity contribution in [3.05, 3.63) is 51.7 Å². The Hall–Kier alpha value is -3.31. The molecule has 0 amide bonds. The molecule has 0 bridgehead atoms. The monoisotopic (exact) mass is 564 g/mol. The van der Waals surface area contributed by atoms with Crippen LogP contribution in [0, 0.1) is 0 Å². The highest BCUT2D eigenvalue weighted by Crippen LogP contribution is 2.50. The topological polar surface area (TPSA) is 251 Å². The molecular weight excluding hydrogens is 536 g/mol. The van der Waals surface area contributed by atoms with Gasteiger partial charge in [0, 0.05) is 11.6 Å². The molecule has 216 valence electrons. The molecule has 14 nitrogen and oxygen atoms in total. The third kappa shape index (κ3) is 4.49. The molecule has 2 fully saturated rings. The predicted octanol–water partition coefficient (Wildman–Crippen LogP) is -1.75. The number of hydrogen-bond donors (Lipinski definition) is 10. The van der Waals surface area contributed by atoms with Crippen molar-refractivity contribution in [2.24, 2.45) is 0 Å². The summed E-state index contributed by atoms with van der Waals surface area (Å²) in [6.45, 7) is -1.34. The van der Waals surface area contributed by atoms with Gasteiger partial charge in [0.25, 0.3) is 0 Å². The first-order valence-corrected chi connectivity index (χ1v) is 12.3. The fourth-order valence-corrected chi connectivity index (χ4v) is 5.11. The van der Waals surface area contributed by atoms with Crippen molar-refractivity contribution in [2.75, 3.05) is 13.2 Å². The van der Waals surface area contributed by atoms with E-state index in [-0.39, 0.29) is 11.5 Å². The Morgan fingerprint density at radius 1 is 0.775 bits per heavy atom. The molecule has 0 spiro atoms. The maximum Gasteiger partial charge on any atom is 0.197 e. The minimum Gasteiger partial charge on any atom is -0.508 e. The number of phenolic OH excluding ortho intramolecular Hbond substituents is 3. The number of benzene rings is 2. The van der Waals surface area contributed by atoms with Gasteiger partial charge in [-0.05, 0) is 24.3 Å². The minimum absolute atomic E-state index is 0.0710. The Morgan fingerprint density at radius 2 is 1.43 bits per heavy atom. The number of fused-ring (bicyclic) bond motifs is 1. The van der Waals surface area contributed by atoms with Crippen molar-refractivity contribution in [3.8, 4) is 28.6 Å². The number of aromatic hydroxyl groups is 3. The Bertz CT molecular complexity index is 1450. The van der Waals surface area contributed by atoms with Gasteiger partial charge in [0.1, 0.15) is 83.3 Å². The molecule has 5 rings (SSSR count). The Labute approximate surface area is 224 Å². The lowest BCUT2D eigenvalue weighted by molar-refractivity contribution is -0.232. The van der Waals surface area contributed by atoms with Gasteiger partial charge < -0.3 is 65.0 Å². The first-order chi connectivity index (χ1) is 19.0. The van der Waals surface area contributed by atoms with Gasteiger partial charge in [0.05, 0.1) is 24.3 Å². The zero-order valence-electron chi connectivity index (χ0n) is 20.6. The molecule has 2 aromatic carbocycles. The summed E-state index contributed by atoms with van der Waals surface area (Å²) in [5.74, 6) is -2.01. The summed E-state index contributed by atoms with van der Waals surface area (Å²) in [6.07, 6.45) is -15.7. The second-order valence-corrected chi connectivity index (χ2v) is 9.80.